The average molecular weight is 455 g/mol. The summed E-state index contributed by atoms with van der Waals surface area (Å²) >= 11 is 5.91. The minimum absolute atomic E-state index is 0.0160. The monoisotopic (exact) mass is 454 g/mol. The molecule has 3 aromatic rings. The standard InChI is InChI=1S/C23H27ClN6O2/c24-19-5-3-18(4-6-19)20-17-28-22(32-20)8-7-21(31)25-11-2-12-29-13-15-30(16-14-29)23-26-9-1-10-27-23/h1,3-6,9-10,17H,2,7-8,11-16H2,(H,25,31). The van der Waals surface area contributed by atoms with E-state index in [0.29, 0.717) is 36.1 Å². The van der Waals surface area contributed by atoms with Gasteiger partial charge in [-0.15, -0.1) is 0 Å². The fourth-order valence-electron chi connectivity index (χ4n) is 3.64. The van der Waals surface area contributed by atoms with Crippen molar-refractivity contribution in [3.8, 4) is 11.3 Å². The summed E-state index contributed by atoms with van der Waals surface area (Å²) in [5.41, 5.74) is 0.912. The molecule has 0 spiro atoms. The van der Waals surface area contributed by atoms with Crippen molar-refractivity contribution in [2.24, 2.45) is 0 Å². The van der Waals surface area contributed by atoms with E-state index in [1.54, 1.807) is 18.6 Å². The first-order valence-corrected chi connectivity index (χ1v) is 11.3. The molecule has 32 heavy (non-hydrogen) atoms. The van der Waals surface area contributed by atoms with Crippen LogP contribution in [0.25, 0.3) is 11.3 Å². The first-order chi connectivity index (χ1) is 15.7. The number of rotatable bonds is 9. The Bertz CT molecular complexity index is 987. The van der Waals surface area contributed by atoms with Crippen molar-refractivity contribution in [2.45, 2.75) is 19.3 Å². The van der Waals surface area contributed by atoms with Crippen LogP contribution in [0.4, 0.5) is 5.95 Å². The number of nitrogens with zero attached hydrogens (tertiary/aromatic N) is 5. The second-order valence-corrected chi connectivity index (χ2v) is 8.14. The molecule has 1 aromatic carbocycles. The zero-order valence-electron chi connectivity index (χ0n) is 17.9. The zero-order chi connectivity index (χ0) is 22.2. The van der Waals surface area contributed by atoms with Crippen molar-refractivity contribution >= 4 is 23.5 Å². The largest absolute Gasteiger partial charge is 0.441 e. The molecule has 168 valence electrons. The highest BCUT2D eigenvalue weighted by molar-refractivity contribution is 6.30. The van der Waals surface area contributed by atoms with Gasteiger partial charge < -0.3 is 14.6 Å². The van der Waals surface area contributed by atoms with E-state index in [9.17, 15) is 4.79 Å². The minimum atomic E-state index is 0.0160. The third kappa shape index (κ3) is 6.27. The molecule has 1 saturated heterocycles. The van der Waals surface area contributed by atoms with Crippen molar-refractivity contribution in [2.75, 3.05) is 44.2 Å². The summed E-state index contributed by atoms with van der Waals surface area (Å²) in [4.78, 5) is 29.7. The number of carbonyl (C=O) groups excluding carboxylic acids is 1. The molecular formula is C23H27ClN6O2. The number of benzene rings is 1. The molecule has 3 heterocycles. The number of hydrogen-bond acceptors (Lipinski definition) is 7. The minimum Gasteiger partial charge on any atom is -0.441 e. The summed E-state index contributed by atoms with van der Waals surface area (Å²) in [6.45, 7) is 5.43. The topological polar surface area (TPSA) is 87.4 Å². The fraction of sp³-hybridized carbons (Fsp3) is 0.391. The van der Waals surface area contributed by atoms with E-state index in [-0.39, 0.29) is 5.91 Å². The number of hydrogen-bond donors (Lipinski definition) is 1. The molecule has 9 heteroatoms. The van der Waals surface area contributed by atoms with Crippen LogP contribution in [0.15, 0.2) is 53.3 Å². The maximum atomic E-state index is 12.2. The van der Waals surface area contributed by atoms with Crippen molar-refractivity contribution < 1.29 is 9.21 Å². The molecule has 1 fully saturated rings. The lowest BCUT2D eigenvalue weighted by Crippen LogP contribution is -2.47. The number of piperazine rings is 1. The molecule has 1 amide bonds. The Balaban J connectivity index is 1.10. The SMILES string of the molecule is O=C(CCc1ncc(-c2ccc(Cl)cc2)o1)NCCCN1CCN(c2ncccn2)CC1. The number of aryl methyl sites for hydroxylation is 1. The predicted molar refractivity (Wildman–Crippen MR) is 124 cm³/mol. The Morgan fingerprint density at radius 3 is 2.56 bits per heavy atom. The van der Waals surface area contributed by atoms with Gasteiger partial charge in [-0.3, -0.25) is 9.69 Å². The van der Waals surface area contributed by atoms with Gasteiger partial charge in [0.2, 0.25) is 11.9 Å². The lowest BCUT2D eigenvalue weighted by molar-refractivity contribution is -0.121. The van der Waals surface area contributed by atoms with Crippen molar-refractivity contribution in [1.29, 1.82) is 0 Å². The van der Waals surface area contributed by atoms with Gasteiger partial charge in [-0.25, -0.2) is 15.0 Å². The maximum absolute atomic E-state index is 12.2. The molecule has 0 atom stereocenters. The van der Waals surface area contributed by atoms with Crippen molar-refractivity contribution in [1.82, 2.24) is 25.2 Å². The fourth-order valence-corrected chi connectivity index (χ4v) is 3.76. The molecule has 0 saturated carbocycles. The van der Waals surface area contributed by atoms with Crippen LogP contribution in [-0.2, 0) is 11.2 Å². The first kappa shape index (κ1) is 22.2. The molecule has 1 N–H and O–H groups in total. The van der Waals surface area contributed by atoms with Gasteiger partial charge in [0.1, 0.15) is 0 Å². The van der Waals surface area contributed by atoms with Gasteiger partial charge >= 0.3 is 0 Å². The van der Waals surface area contributed by atoms with Crippen LogP contribution in [0.3, 0.4) is 0 Å². The predicted octanol–water partition coefficient (Wildman–Crippen LogP) is 3.05. The Morgan fingerprint density at radius 2 is 1.81 bits per heavy atom. The van der Waals surface area contributed by atoms with Crippen LogP contribution in [0.5, 0.6) is 0 Å². The van der Waals surface area contributed by atoms with E-state index in [1.807, 2.05) is 30.3 Å². The summed E-state index contributed by atoms with van der Waals surface area (Å²) in [6.07, 6.45) is 6.99. The van der Waals surface area contributed by atoms with E-state index >= 15 is 0 Å². The van der Waals surface area contributed by atoms with Crippen LogP contribution in [0.1, 0.15) is 18.7 Å². The number of aromatic nitrogens is 3. The molecule has 8 nitrogen and oxygen atoms in total. The van der Waals surface area contributed by atoms with E-state index in [2.05, 4.69) is 30.1 Å². The number of amides is 1. The van der Waals surface area contributed by atoms with Gasteiger partial charge in [-0.2, -0.15) is 0 Å². The number of carbonyl (C=O) groups is 1. The normalized spacial score (nSPS) is 14.5. The third-order valence-corrected chi connectivity index (χ3v) is 5.68. The lowest BCUT2D eigenvalue weighted by atomic mass is 10.2. The smallest absolute Gasteiger partial charge is 0.225 e. The van der Waals surface area contributed by atoms with Crippen LogP contribution < -0.4 is 10.2 Å². The van der Waals surface area contributed by atoms with Gasteiger partial charge in [-0.05, 0) is 43.3 Å². The van der Waals surface area contributed by atoms with Crippen molar-refractivity contribution in [3.05, 3.63) is 59.8 Å². The summed E-state index contributed by atoms with van der Waals surface area (Å²) in [5.74, 6) is 2.05. The average Bonchev–Trinajstić information content (AvgIpc) is 3.31. The maximum Gasteiger partial charge on any atom is 0.225 e. The number of halogens is 1. The molecule has 1 aliphatic rings. The molecule has 0 aliphatic carbocycles. The molecule has 0 unspecified atom stereocenters. The number of anilines is 1. The van der Waals surface area contributed by atoms with Crippen LogP contribution >= 0.6 is 11.6 Å². The highest BCUT2D eigenvalue weighted by Crippen LogP contribution is 2.22. The van der Waals surface area contributed by atoms with E-state index in [1.165, 1.54) is 0 Å². The van der Waals surface area contributed by atoms with E-state index in [0.717, 1.165) is 50.7 Å². The number of oxazole rings is 1. The Hall–Kier alpha value is -2.97. The highest BCUT2D eigenvalue weighted by Gasteiger charge is 2.18. The third-order valence-electron chi connectivity index (χ3n) is 5.43. The molecular weight excluding hydrogens is 428 g/mol. The second kappa shape index (κ2) is 11.1. The Labute approximate surface area is 192 Å². The molecule has 1 aliphatic heterocycles. The van der Waals surface area contributed by atoms with Crippen LogP contribution in [0.2, 0.25) is 5.02 Å². The molecule has 0 bridgehead atoms. The van der Waals surface area contributed by atoms with Gasteiger partial charge in [-0.1, -0.05) is 11.6 Å². The zero-order valence-corrected chi connectivity index (χ0v) is 18.7. The summed E-state index contributed by atoms with van der Waals surface area (Å²) in [5, 5.41) is 3.67. The molecule has 2 aromatic heterocycles. The summed E-state index contributed by atoms with van der Waals surface area (Å²) in [7, 11) is 0. The second-order valence-electron chi connectivity index (χ2n) is 7.71. The molecule has 4 rings (SSSR count). The van der Waals surface area contributed by atoms with Crippen LogP contribution in [-0.4, -0.2) is 65.0 Å². The van der Waals surface area contributed by atoms with Crippen LogP contribution in [0, 0.1) is 0 Å². The Morgan fingerprint density at radius 1 is 1.06 bits per heavy atom. The quantitative estimate of drug-likeness (QED) is 0.497. The van der Waals surface area contributed by atoms with E-state index < -0.39 is 0 Å². The van der Waals surface area contributed by atoms with Gasteiger partial charge in [0.15, 0.2) is 11.7 Å². The summed E-state index contributed by atoms with van der Waals surface area (Å²) in [6, 6.07) is 9.22. The lowest BCUT2D eigenvalue weighted by Gasteiger charge is -2.34. The highest BCUT2D eigenvalue weighted by atomic mass is 35.5. The van der Waals surface area contributed by atoms with Crippen molar-refractivity contribution in [3.63, 3.8) is 0 Å². The number of nitrogens with one attached hydrogen (secondary N) is 1. The Kier molecular flexibility index (Phi) is 7.68. The molecule has 0 radical (unpaired) electrons. The van der Waals surface area contributed by atoms with Gasteiger partial charge in [0.25, 0.3) is 0 Å². The summed E-state index contributed by atoms with van der Waals surface area (Å²) < 4.78 is 5.75. The van der Waals surface area contributed by atoms with Gasteiger partial charge in [0.05, 0.1) is 6.20 Å². The first-order valence-electron chi connectivity index (χ1n) is 10.9. The van der Waals surface area contributed by atoms with Gasteiger partial charge in [0, 0.05) is 68.5 Å². The van der Waals surface area contributed by atoms with E-state index in [4.69, 9.17) is 16.0 Å².